The predicted molar refractivity (Wildman–Crippen MR) is 111 cm³/mol. The molecule has 0 bridgehead atoms. The molecule has 0 saturated carbocycles. The molecule has 0 unspecified atom stereocenters. The van der Waals surface area contributed by atoms with Crippen molar-refractivity contribution < 1.29 is 18.0 Å². The molecule has 162 valence electrons. The molecule has 1 aromatic carbocycles. The highest BCUT2D eigenvalue weighted by atomic mass is 35.5. The molecule has 30 heavy (non-hydrogen) atoms. The second-order valence-electron chi connectivity index (χ2n) is 7.65. The number of anilines is 1. The molecule has 4 nitrogen and oxygen atoms in total. The molecule has 0 N–H and O–H groups in total. The van der Waals surface area contributed by atoms with Crippen LogP contribution in [0.3, 0.4) is 0 Å². The number of carbonyl (C=O) groups is 1. The standard InChI is InChI=1S/C22H25ClF3N3O/c1-3-15-4-6-16(7-5-15)14-28(2)21(30)17-8-10-29(11-9-17)20-19(23)12-18(13-27-20)22(24,25)26/h4-7,12-13,17H,3,8-11,14H2,1-2H3. The topological polar surface area (TPSA) is 36.4 Å². The molecule has 0 radical (unpaired) electrons. The fourth-order valence-electron chi connectivity index (χ4n) is 3.70. The van der Waals surface area contributed by atoms with Crippen LogP contribution in [0.25, 0.3) is 0 Å². The number of hydrogen-bond donors (Lipinski definition) is 0. The Balaban J connectivity index is 1.57. The first kappa shape index (κ1) is 22.4. The Morgan fingerprint density at radius 3 is 2.33 bits per heavy atom. The van der Waals surface area contributed by atoms with Crippen molar-refractivity contribution in [2.75, 3.05) is 25.0 Å². The van der Waals surface area contributed by atoms with E-state index in [-0.39, 0.29) is 16.8 Å². The normalized spacial score (nSPS) is 15.3. The number of nitrogens with zero attached hydrogens (tertiary/aromatic N) is 3. The number of alkyl halides is 3. The molecular formula is C22H25ClF3N3O. The lowest BCUT2D eigenvalue weighted by molar-refractivity contribution is -0.138. The second-order valence-corrected chi connectivity index (χ2v) is 8.06. The molecular weight excluding hydrogens is 415 g/mol. The molecule has 1 fully saturated rings. The average molecular weight is 440 g/mol. The first-order valence-electron chi connectivity index (χ1n) is 9.99. The summed E-state index contributed by atoms with van der Waals surface area (Å²) in [6.07, 6.45) is -1.48. The summed E-state index contributed by atoms with van der Waals surface area (Å²) < 4.78 is 38.4. The van der Waals surface area contributed by atoms with E-state index in [0.717, 1.165) is 24.2 Å². The van der Waals surface area contributed by atoms with Crippen molar-refractivity contribution in [3.8, 4) is 0 Å². The second kappa shape index (κ2) is 9.25. The summed E-state index contributed by atoms with van der Waals surface area (Å²) in [6.45, 7) is 3.70. The van der Waals surface area contributed by atoms with Crippen LogP contribution in [0.5, 0.6) is 0 Å². The monoisotopic (exact) mass is 439 g/mol. The third-order valence-electron chi connectivity index (χ3n) is 5.52. The molecule has 2 aromatic rings. The fourth-order valence-corrected chi connectivity index (χ4v) is 3.99. The van der Waals surface area contributed by atoms with Crippen LogP contribution in [0.1, 0.15) is 36.5 Å². The van der Waals surface area contributed by atoms with Crippen LogP contribution >= 0.6 is 11.6 Å². The molecule has 0 spiro atoms. The Hall–Kier alpha value is -2.28. The van der Waals surface area contributed by atoms with E-state index in [1.54, 1.807) is 11.9 Å². The highest BCUT2D eigenvalue weighted by Crippen LogP contribution is 2.34. The van der Waals surface area contributed by atoms with E-state index >= 15 is 0 Å². The van der Waals surface area contributed by atoms with Gasteiger partial charge in [0, 0.05) is 38.8 Å². The van der Waals surface area contributed by atoms with Gasteiger partial charge in [0.15, 0.2) is 0 Å². The molecule has 3 rings (SSSR count). The van der Waals surface area contributed by atoms with E-state index < -0.39 is 11.7 Å². The van der Waals surface area contributed by atoms with Gasteiger partial charge < -0.3 is 9.80 Å². The number of halogens is 4. The maximum Gasteiger partial charge on any atom is 0.417 e. The van der Waals surface area contributed by atoms with Crippen molar-refractivity contribution in [2.24, 2.45) is 5.92 Å². The van der Waals surface area contributed by atoms with Crippen LogP contribution in [0.15, 0.2) is 36.5 Å². The van der Waals surface area contributed by atoms with Crippen LogP contribution in [-0.4, -0.2) is 35.9 Å². The highest BCUT2D eigenvalue weighted by molar-refractivity contribution is 6.33. The van der Waals surface area contributed by atoms with Gasteiger partial charge in [0.05, 0.1) is 10.6 Å². The minimum atomic E-state index is -4.48. The first-order valence-corrected chi connectivity index (χ1v) is 10.4. The van der Waals surface area contributed by atoms with Gasteiger partial charge >= 0.3 is 6.18 Å². The number of hydrogen-bond acceptors (Lipinski definition) is 3. The number of pyridine rings is 1. The van der Waals surface area contributed by atoms with Crippen molar-refractivity contribution in [1.82, 2.24) is 9.88 Å². The van der Waals surface area contributed by atoms with E-state index in [4.69, 9.17) is 11.6 Å². The SMILES string of the molecule is CCc1ccc(CN(C)C(=O)C2CCN(c3ncc(C(F)(F)F)cc3Cl)CC2)cc1. The van der Waals surface area contributed by atoms with E-state index in [2.05, 4.69) is 24.0 Å². The van der Waals surface area contributed by atoms with Gasteiger partial charge in [-0.2, -0.15) is 13.2 Å². The summed E-state index contributed by atoms with van der Waals surface area (Å²) in [5.74, 6) is 0.301. The number of aryl methyl sites for hydroxylation is 1. The number of amides is 1. The Morgan fingerprint density at radius 1 is 1.20 bits per heavy atom. The van der Waals surface area contributed by atoms with E-state index in [0.29, 0.717) is 38.3 Å². The molecule has 2 heterocycles. The van der Waals surface area contributed by atoms with Crippen LogP contribution in [0.2, 0.25) is 5.02 Å². The molecule has 1 aliphatic rings. The number of benzene rings is 1. The maximum absolute atomic E-state index is 12.8. The zero-order chi connectivity index (χ0) is 21.9. The van der Waals surface area contributed by atoms with Crippen LogP contribution < -0.4 is 4.90 Å². The van der Waals surface area contributed by atoms with Gasteiger partial charge in [-0.05, 0) is 36.5 Å². The van der Waals surface area contributed by atoms with Crippen molar-refractivity contribution in [1.29, 1.82) is 0 Å². The third-order valence-corrected chi connectivity index (χ3v) is 5.80. The van der Waals surface area contributed by atoms with Gasteiger partial charge in [-0.3, -0.25) is 4.79 Å². The summed E-state index contributed by atoms with van der Waals surface area (Å²) in [6, 6.07) is 9.14. The average Bonchev–Trinajstić information content (AvgIpc) is 2.73. The molecule has 1 amide bonds. The Kier molecular flexibility index (Phi) is 6.91. The van der Waals surface area contributed by atoms with E-state index in [1.807, 2.05) is 17.0 Å². The van der Waals surface area contributed by atoms with Gasteiger partial charge in [0.2, 0.25) is 5.91 Å². The fraction of sp³-hybridized carbons (Fsp3) is 0.455. The Bertz CT molecular complexity index is 878. The minimum absolute atomic E-state index is 0.0257. The third kappa shape index (κ3) is 5.25. The maximum atomic E-state index is 12.8. The van der Waals surface area contributed by atoms with Gasteiger partial charge in [-0.25, -0.2) is 4.98 Å². The number of piperidine rings is 1. The molecule has 1 aromatic heterocycles. The summed E-state index contributed by atoms with van der Waals surface area (Å²) in [5, 5.41) is -0.0257. The summed E-state index contributed by atoms with van der Waals surface area (Å²) in [7, 11) is 1.80. The Morgan fingerprint density at radius 2 is 1.80 bits per heavy atom. The Labute approximate surface area is 179 Å². The highest BCUT2D eigenvalue weighted by Gasteiger charge is 2.33. The molecule has 0 atom stereocenters. The lowest BCUT2D eigenvalue weighted by Crippen LogP contribution is -2.41. The van der Waals surface area contributed by atoms with Gasteiger partial charge in [0.25, 0.3) is 0 Å². The van der Waals surface area contributed by atoms with Gasteiger partial charge in [-0.15, -0.1) is 0 Å². The quantitative estimate of drug-likeness (QED) is 0.643. The first-order chi connectivity index (χ1) is 14.2. The zero-order valence-corrected chi connectivity index (χ0v) is 17.8. The summed E-state index contributed by atoms with van der Waals surface area (Å²) >= 11 is 6.05. The lowest BCUT2D eigenvalue weighted by Gasteiger charge is -2.34. The largest absolute Gasteiger partial charge is 0.417 e. The molecule has 0 aliphatic carbocycles. The van der Waals surface area contributed by atoms with Crippen LogP contribution in [0, 0.1) is 5.92 Å². The molecule has 8 heteroatoms. The molecule has 1 aliphatic heterocycles. The van der Waals surface area contributed by atoms with E-state index in [9.17, 15) is 18.0 Å². The van der Waals surface area contributed by atoms with Gasteiger partial charge in [-0.1, -0.05) is 42.8 Å². The zero-order valence-electron chi connectivity index (χ0n) is 17.0. The number of rotatable bonds is 5. The lowest BCUT2D eigenvalue weighted by atomic mass is 9.95. The summed E-state index contributed by atoms with van der Waals surface area (Å²) in [5.41, 5.74) is 1.48. The van der Waals surface area contributed by atoms with Crippen molar-refractivity contribution in [2.45, 2.75) is 38.9 Å². The van der Waals surface area contributed by atoms with E-state index in [1.165, 1.54) is 5.56 Å². The molecule has 1 saturated heterocycles. The minimum Gasteiger partial charge on any atom is -0.355 e. The van der Waals surface area contributed by atoms with Crippen LogP contribution in [-0.2, 0) is 23.9 Å². The smallest absolute Gasteiger partial charge is 0.355 e. The van der Waals surface area contributed by atoms with Crippen molar-refractivity contribution >= 4 is 23.3 Å². The van der Waals surface area contributed by atoms with Crippen molar-refractivity contribution in [3.05, 3.63) is 58.2 Å². The summed E-state index contributed by atoms with van der Waals surface area (Å²) in [4.78, 5) is 20.3. The van der Waals surface area contributed by atoms with Crippen LogP contribution in [0.4, 0.5) is 19.0 Å². The number of aromatic nitrogens is 1. The van der Waals surface area contributed by atoms with Gasteiger partial charge in [0.1, 0.15) is 5.82 Å². The van der Waals surface area contributed by atoms with Crippen molar-refractivity contribution in [3.63, 3.8) is 0 Å². The number of carbonyl (C=O) groups excluding carboxylic acids is 1. The predicted octanol–water partition coefficient (Wildman–Crippen LogP) is 5.19.